The van der Waals surface area contributed by atoms with Gasteiger partial charge in [-0.1, -0.05) is 12.1 Å². The average Bonchev–Trinajstić information content (AvgIpc) is 2.64. The summed E-state index contributed by atoms with van der Waals surface area (Å²) >= 11 is 0. The highest BCUT2D eigenvalue weighted by Gasteiger charge is 2.08. The van der Waals surface area contributed by atoms with Gasteiger partial charge >= 0.3 is 0 Å². The Morgan fingerprint density at radius 1 is 1.27 bits per heavy atom. The van der Waals surface area contributed by atoms with Crippen LogP contribution in [0.25, 0.3) is 5.69 Å². The third kappa shape index (κ3) is 1.85. The zero-order chi connectivity index (χ0) is 10.8. The third-order valence-electron chi connectivity index (χ3n) is 2.24. The molecule has 0 N–H and O–H groups in total. The lowest BCUT2D eigenvalue weighted by Crippen LogP contribution is -2.03. The summed E-state index contributed by atoms with van der Waals surface area (Å²) in [6.07, 6.45) is 3.42. The summed E-state index contributed by atoms with van der Waals surface area (Å²) in [4.78, 5) is 0.810. The maximum atomic E-state index is 11.5. The Balaban J connectivity index is 2.63. The lowest BCUT2D eigenvalue weighted by Gasteiger charge is -2.08. The van der Waals surface area contributed by atoms with Crippen molar-refractivity contribution in [2.24, 2.45) is 0 Å². The van der Waals surface area contributed by atoms with Gasteiger partial charge in [0.2, 0.25) is 0 Å². The number of hydrogen-bond donors (Lipinski definition) is 0. The molecule has 0 saturated carbocycles. The van der Waals surface area contributed by atoms with Crippen molar-refractivity contribution in [3.05, 3.63) is 42.2 Å². The van der Waals surface area contributed by atoms with Gasteiger partial charge in [0, 0.05) is 18.1 Å². The molecule has 0 radical (unpaired) electrons. The minimum Gasteiger partial charge on any atom is -0.255 e. The molecule has 0 spiro atoms. The molecule has 1 aromatic carbocycles. The maximum absolute atomic E-state index is 11.5. The number of benzene rings is 1. The van der Waals surface area contributed by atoms with Crippen LogP contribution in [0, 0.1) is 6.92 Å². The van der Waals surface area contributed by atoms with Crippen molar-refractivity contribution in [2.75, 3.05) is 6.26 Å². The van der Waals surface area contributed by atoms with Crippen LogP contribution in [0.3, 0.4) is 0 Å². The molecule has 1 heterocycles. The SMILES string of the molecule is Cc1ccnn1-c1ccccc1S(C)=O. The maximum Gasteiger partial charge on any atom is 0.0809 e. The minimum atomic E-state index is -0.994. The summed E-state index contributed by atoms with van der Waals surface area (Å²) in [6, 6.07) is 9.53. The second-order valence-corrected chi connectivity index (χ2v) is 4.65. The van der Waals surface area contributed by atoms with E-state index in [0.717, 1.165) is 16.3 Å². The fourth-order valence-corrected chi connectivity index (χ4v) is 2.22. The Morgan fingerprint density at radius 2 is 2.00 bits per heavy atom. The van der Waals surface area contributed by atoms with Gasteiger partial charge in [-0.25, -0.2) is 4.68 Å². The first kappa shape index (κ1) is 10.1. The number of rotatable bonds is 2. The molecule has 0 aliphatic carbocycles. The predicted molar refractivity (Wildman–Crippen MR) is 60.6 cm³/mol. The minimum absolute atomic E-state index is 0.810. The Kier molecular flexibility index (Phi) is 2.68. The number of para-hydroxylation sites is 1. The number of aromatic nitrogens is 2. The van der Waals surface area contributed by atoms with E-state index in [1.54, 1.807) is 17.1 Å². The van der Waals surface area contributed by atoms with Crippen LogP contribution in [0.5, 0.6) is 0 Å². The van der Waals surface area contributed by atoms with Crippen LogP contribution in [0.15, 0.2) is 41.4 Å². The number of nitrogens with zero attached hydrogens (tertiary/aromatic N) is 2. The zero-order valence-corrected chi connectivity index (χ0v) is 9.49. The molecule has 1 atom stereocenters. The molecule has 4 heteroatoms. The summed E-state index contributed by atoms with van der Waals surface area (Å²) in [5.41, 5.74) is 1.92. The fourth-order valence-electron chi connectivity index (χ4n) is 1.50. The molecule has 0 aliphatic rings. The third-order valence-corrected chi connectivity index (χ3v) is 3.20. The highest BCUT2D eigenvalue weighted by atomic mass is 32.2. The van der Waals surface area contributed by atoms with Crippen LogP contribution < -0.4 is 0 Å². The van der Waals surface area contributed by atoms with E-state index in [2.05, 4.69) is 5.10 Å². The molecule has 0 saturated heterocycles. The van der Waals surface area contributed by atoms with Gasteiger partial charge in [0.15, 0.2) is 0 Å². The van der Waals surface area contributed by atoms with Crippen molar-refractivity contribution in [1.82, 2.24) is 9.78 Å². The van der Waals surface area contributed by atoms with E-state index in [4.69, 9.17) is 0 Å². The Labute approximate surface area is 91.2 Å². The van der Waals surface area contributed by atoms with Crippen molar-refractivity contribution in [3.63, 3.8) is 0 Å². The summed E-state index contributed by atoms with van der Waals surface area (Å²) in [5, 5.41) is 4.21. The van der Waals surface area contributed by atoms with E-state index >= 15 is 0 Å². The van der Waals surface area contributed by atoms with E-state index < -0.39 is 10.8 Å². The average molecular weight is 220 g/mol. The second kappa shape index (κ2) is 3.98. The molecule has 0 amide bonds. The normalized spacial score (nSPS) is 12.7. The van der Waals surface area contributed by atoms with Crippen molar-refractivity contribution in [3.8, 4) is 5.69 Å². The monoisotopic (exact) mass is 220 g/mol. The summed E-state index contributed by atoms with van der Waals surface area (Å²) in [7, 11) is -0.994. The molecule has 3 nitrogen and oxygen atoms in total. The Morgan fingerprint density at radius 3 is 2.60 bits per heavy atom. The van der Waals surface area contributed by atoms with Crippen molar-refractivity contribution in [2.45, 2.75) is 11.8 Å². The van der Waals surface area contributed by atoms with Gasteiger partial charge in [-0.05, 0) is 25.1 Å². The Hall–Kier alpha value is -1.42. The highest BCUT2D eigenvalue weighted by molar-refractivity contribution is 7.84. The number of aryl methyl sites for hydroxylation is 1. The Bertz CT molecular complexity index is 505. The predicted octanol–water partition coefficient (Wildman–Crippen LogP) is 1.92. The van der Waals surface area contributed by atoms with Crippen LogP contribution >= 0.6 is 0 Å². The quantitative estimate of drug-likeness (QED) is 0.775. The molecule has 2 aromatic rings. The molecule has 78 valence electrons. The van der Waals surface area contributed by atoms with Gasteiger partial charge in [0.05, 0.1) is 21.4 Å². The van der Waals surface area contributed by atoms with Crippen LogP contribution in [-0.4, -0.2) is 20.2 Å². The molecule has 1 aromatic heterocycles. The van der Waals surface area contributed by atoms with Gasteiger partial charge in [0.25, 0.3) is 0 Å². The first-order valence-electron chi connectivity index (χ1n) is 4.63. The topological polar surface area (TPSA) is 34.9 Å². The van der Waals surface area contributed by atoms with E-state index in [1.807, 2.05) is 37.3 Å². The first-order valence-corrected chi connectivity index (χ1v) is 6.19. The number of hydrogen-bond acceptors (Lipinski definition) is 2. The van der Waals surface area contributed by atoms with Crippen molar-refractivity contribution < 1.29 is 4.21 Å². The van der Waals surface area contributed by atoms with Gasteiger partial charge in [0.1, 0.15) is 0 Å². The highest BCUT2D eigenvalue weighted by Crippen LogP contribution is 2.18. The molecular formula is C11H12N2OS. The van der Waals surface area contributed by atoms with Gasteiger partial charge in [-0.2, -0.15) is 5.10 Å². The van der Waals surface area contributed by atoms with Crippen LogP contribution in [0.4, 0.5) is 0 Å². The first-order chi connectivity index (χ1) is 7.20. The zero-order valence-electron chi connectivity index (χ0n) is 8.68. The molecule has 2 rings (SSSR count). The van der Waals surface area contributed by atoms with E-state index in [9.17, 15) is 4.21 Å². The van der Waals surface area contributed by atoms with Crippen LogP contribution in [0.1, 0.15) is 5.69 Å². The largest absolute Gasteiger partial charge is 0.255 e. The summed E-state index contributed by atoms with van der Waals surface area (Å²) in [5.74, 6) is 0. The summed E-state index contributed by atoms with van der Waals surface area (Å²) < 4.78 is 13.3. The van der Waals surface area contributed by atoms with Crippen molar-refractivity contribution >= 4 is 10.8 Å². The lowest BCUT2D eigenvalue weighted by molar-refractivity contribution is 0.685. The van der Waals surface area contributed by atoms with E-state index in [-0.39, 0.29) is 0 Å². The van der Waals surface area contributed by atoms with Gasteiger partial charge in [-0.15, -0.1) is 0 Å². The molecule has 0 fully saturated rings. The standard InChI is InChI=1S/C11H12N2OS/c1-9-7-8-12-13(9)10-5-3-4-6-11(10)15(2)14/h3-8H,1-2H3. The van der Waals surface area contributed by atoms with E-state index in [1.165, 1.54) is 0 Å². The van der Waals surface area contributed by atoms with E-state index in [0.29, 0.717) is 0 Å². The second-order valence-electron chi connectivity index (χ2n) is 3.31. The van der Waals surface area contributed by atoms with Crippen LogP contribution in [-0.2, 0) is 10.8 Å². The molecule has 15 heavy (non-hydrogen) atoms. The van der Waals surface area contributed by atoms with Gasteiger partial charge < -0.3 is 0 Å². The smallest absolute Gasteiger partial charge is 0.0809 e. The molecule has 1 unspecified atom stereocenters. The molecule has 0 bridgehead atoms. The molecule has 0 aliphatic heterocycles. The van der Waals surface area contributed by atoms with Crippen LogP contribution in [0.2, 0.25) is 0 Å². The van der Waals surface area contributed by atoms with Crippen molar-refractivity contribution in [1.29, 1.82) is 0 Å². The molecular weight excluding hydrogens is 208 g/mol. The fraction of sp³-hybridized carbons (Fsp3) is 0.182. The van der Waals surface area contributed by atoms with Gasteiger partial charge in [-0.3, -0.25) is 4.21 Å². The lowest BCUT2D eigenvalue weighted by atomic mass is 10.3. The summed E-state index contributed by atoms with van der Waals surface area (Å²) in [6.45, 7) is 1.97.